The maximum absolute atomic E-state index is 13.0. The molecule has 4 heteroatoms. The molecule has 0 unspecified atom stereocenters. The number of rotatable bonds is 4. The Kier molecular flexibility index (Phi) is 4.43. The number of hydrogen-bond donors (Lipinski definition) is 1. The van der Waals surface area contributed by atoms with Gasteiger partial charge >= 0.3 is 0 Å². The van der Waals surface area contributed by atoms with Crippen molar-refractivity contribution in [1.29, 1.82) is 0 Å². The molecule has 88 valence electrons. The third-order valence-corrected chi connectivity index (χ3v) is 2.00. The first-order valence-electron chi connectivity index (χ1n) is 5.19. The second-order valence-electron chi connectivity index (χ2n) is 4.10. The Labute approximate surface area is 94.6 Å². The van der Waals surface area contributed by atoms with Gasteiger partial charge in [-0.05, 0) is 36.6 Å². The van der Waals surface area contributed by atoms with Gasteiger partial charge in [0.05, 0.1) is 6.61 Å². The molecule has 0 fully saturated rings. The van der Waals surface area contributed by atoms with E-state index in [0.29, 0.717) is 23.7 Å². The second-order valence-corrected chi connectivity index (χ2v) is 4.10. The van der Waals surface area contributed by atoms with Crippen LogP contribution in [0.1, 0.15) is 29.8 Å². The van der Waals surface area contributed by atoms with Gasteiger partial charge in [-0.2, -0.15) is 0 Å². The molecule has 0 aliphatic heterocycles. The summed E-state index contributed by atoms with van der Waals surface area (Å²) in [6, 6.07) is 4.19. The Morgan fingerprint density at radius 2 is 2.19 bits per heavy atom. The molecule has 1 aromatic carbocycles. The summed E-state index contributed by atoms with van der Waals surface area (Å²) in [5.41, 5.74) is 3.15. The predicted octanol–water partition coefficient (Wildman–Crippen LogP) is 2.45. The first kappa shape index (κ1) is 12.6. The molecule has 0 aliphatic rings. The van der Waals surface area contributed by atoms with E-state index in [1.54, 1.807) is 6.92 Å². The summed E-state index contributed by atoms with van der Waals surface area (Å²) in [4.78, 5) is 16.5. The van der Waals surface area contributed by atoms with Crippen LogP contribution >= 0.6 is 0 Å². The van der Waals surface area contributed by atoms with E-state index in [1.807, 2.05) is 13.8 Å². The molecule has 1 amide bonds. The van der Waals surface area contributed by atoms with E-state index < -0.39 is 0 Å². The standard InChI is InChI=1S/C12H16FNO2/c1-8(2)7-16-14-12(15)10-4-5-11(13)9(3)6-10/h4-6,8H,7H2,1-3H3,(H,14,15). The van der Waals surface area contributed by atoms with Crippen LogP contribution in [-0.4, -0.2) is 12.5 Å². The predicted molar refractivity (Wildman–Crippen MR) is 59.4 cm³/mol. The monoisotopic (exact) mass is 225 g/mol. The Morgan fingerprint density at radius 3 is 2.75 bits per heavy atom. The van der Waals surface area contributed by atoms with Crippen LogP contribution in [0.15, 0.2) is 18.2 Å². The number of benzene rings is 1. The lowest BCUT2D eigenvalue weighted by molar-refractivity contribution is 0.0208. The molecule has 0 atom stereocenters. The first-order chi connectivity index (χ1) is 7.50. The van der Waals surface area contributed by atoms with Crippen molar-refractivity contribution < 1.29 is 14.0 Å². The quantitative estimate of drug-likeness (QED) is 0.799. The minimum atomic E-state index is -0.358. The lowest BCUT2D eigenvalue weighted by Gasteiger charge is -2.08. The number of hydrogen-bond acceptors (Lipinski definition) is 2. The maximum Gasteiger partial charge on any atom is 0.274 e. The Bertz CT molecular complexity index is 377. The van der Waals surface area contributed by atoms with Crippen molar-refractivity contribution in [3.8, 4) is 0 Å². The highest BCUT2D eigenvalue weighted by Crippen LogP contribution is 2.09. The van der Waals surface area contributed by atoms with Crippen molar-refractivity contribution in [3.63, 3.8) is 0 Å². The van der Waals surface area contributed by atoms with Gasteiger partial charge in [-0.15, -0.1) is 0 Å². The minimum absolute atomic E-state index is 0.320. The number of halogens is 1. The molecule has 0 radical (unpaired) electrons. The third-order valence-electron chi connectivity index (χ3n) is 2.00. The first-order valence-corrected chi connectivity index (χ1v) is 5.19. The number of amides is 1. The molecule has 0 aromatic heterocycles. The van der Waals surface area contributed by atoms with E-state index in [0.717, 1.165) is 0 Å². The lowest BCUT2D eigenvalue weighted by atomic mass is 10.1. The molecule has 1 N–H and O–H groups in total. The average molecular weight is 225 g/mol. The van der Waals surface area contributed by atoms with Crippen molar-refractivity contribution in [2.75, 3.05) is 6.61 Å². The summed E-state index contributed by atoms with van der Waals surface area (Å²) in [5.74, 6) is -0.335. The van der Waals surface area contributed by atoms with E-state index in [4.69, 9.17) is 4.84 Å². The Hall–Kier alpha value is -1.42. The zero-order valence-electron chi connectivity index (χ0n) is 9.71. The van der Waals surface area contributed by atoms with Crippen LogP contribution in [0.25, 0.3) is 0 Å². The summed E-state index contributed by atoms with van der Waals surface area (Å²) in [6.07, 6.45) is 0. The summed E-state index contributed by atoms with van der Waals surface area (Å²) in [7, 11) is 0. The van der Waals surface area contributed by atoms with E-state index in [9.17, 15) is 9.18 Å². The van der Waals surface area contributed by atoms with Gasteiger partial charge in [-0.3, -0.25) is 9.63 Å². The van der Waals surface area contributed by atoms with Gasteiger partial charge < -0.3 is 0 Å². The highest BCUT2D eigenvalue weighted by molar-refractivity contribution is 5.93. The van der Waals surface area contributed by atoms with Crippen LogP contribution in [0.2, 0.25) is 0 Å². The van der Waals surface area contributed by atoms with Crippen LogP contribution in [-0.2, 0) is 4.84 Å². The molecule has 1 aromatic rings. The molecule has 0 bridgehead atoms. The normalized spacial score (nSPS) is 10.6. The zero-order chi connectivity index (χ0) is 12.1. The van der Waals surface area contributed by atoms with Crippen LogP contribution in [0.3, 0.4) is 0 Å². The smallest absolute Gasteiger partial charge is 0.273 e. The molecule has 1 rings (SSSR count). The molecular weight excluding hydrogens is 209 g/mol. The summed E-state index contributed by atoms with van der Waals surface area (Å²) in [6.45, 7) is 6.02. The summed E-state index contributed by atoms with van der Waals surface area (Å²) in [5, 5.41) is 0. The molecular formula is C12H16FNO2. The summed E-state index contributed by atoms with van der Waals surface area (Å²) < 4.78 is 13.0. The fraction of sp³-hybridized carbons (Fsp3) is 0.417. The highest BCUT2D eigenvalue weighted by Gasteiger charge is 2.07. The zero-order valence-corrected chi connectivity index (χ0v) is 9.71. The molecule has 0 aliphatic carbocycles. The summed E-state index contributed by atoms with van der Waals surface area (Å²) >= 11 is 0. The number of carbonyl (C=O) groups is 1. The number of aryl methyl sites for hydroxylation is 1. The topological polar surface area (TPSA) is 38.3 Å². The third kappa shape index (κ3) is 3.62. The molecule has 0 heterocycles. The highest BCUT2D eigenvalue weighted by atomic mass is 19.1. The van der Waals surface area contributed by atoms with Crippen LogP contribution in [0.4, 0.5) is 4.39 Å². The van der Waals surface area contributed by atoms with Crippen LogP contribution in [0.5, 0.6) is 0 Å². The van der Waals surface area contributed by atoms with Gasteiger partial charge in [0.15, 0.2) is 0 Å². The molecule has 0 saturated carbocycles. The molecule has 16 heavy (non-hydrogen) atoms. The van der Waals surface area contributed by atoms with Gasteiger partial charge in [-0.25, -0.2) is 9.87 Å². The van der Waals surface area contributed by atoms with Crippen molar-refractivity contribution in [2.24, 2.45) is 5.92 Å². The van der Waals surface area contributed by atoms with Gasteiger partial charge in [0, 0.05) is 5.56 Å². The van der Waals surface area contributed by atoms with E-state index in [-0.39, 0.29) is 11.7 Å². The molecule has 0 spiro atoms. The number of hydroxylamine groups is 1. The van der Waals surface area contributed by atoms with Gasteiger partial charge in [0.25, 0.3) is 5.91 Å². The fourth-order valence-electron chi connectivity index (χ4n) is 1.12. The van der Waals surface area contributed by atoms with Crippen LogP contribution in [0, 0.1) is 18.7 Å². The SMILES string of the molecule is Cc1cc(C(=O)NOCC(C)C)ccc1F. The van der Waals surface area contributed by atoms with E-state index in [2.05, 4.69) is 5.48 Å². The van der Waals surface area contributed by atoms with Crippen molar-refractivity contribution in [1.82, 2.24) is 5.48 Å². The maximum atomic E-state index is 13.0. The van der Waals surface area contributed by atoms with E-state index >= 15 is 0 Å². The van der Waals surface area contributed by atoms with Gasteiger partial charge in [-0.1, -0.05) is 13.8 Å². The van der Waals surface area contributed by atoms with Crippen molar-refractivity contribution in [2.45, 2.75) is 20.8 Å². The van der Waals surface area contributed by atoms with E-state index in [1.165, 1.54) is 18.2 Å². The number of carbonyl (C=O) groups excluding carboxylic acids is 1. The lowest BCUT2D eigenvalue weighted by Crippen LogP contribution is -2.25. The van der Waals surface area contributed by atoms with Crippen LogP contribution < -0.4 is 5.48 Å². The second kappa shape index (κ2) is 5.61. The van der Waals surface area contributed by atoms with Crippen molar-refractivity contribution >= 4 is 5.91 Å². The Morgan fingerprint density at radius 1 is 1.50 bits per heavy atom. The average Bonchev–Trinajstić information content (AvgIpc) is 2.21. The van der Waals surface area contributed by atoms with Gasteiger partial charge in [0.2, 0.25) is 0 Å². The van der Waals surface area contributed by atoms with Crippen molar-refractivity contribution in [3.05, 3.63) is 35.1 Å². The largest absolute Gasteiger partial charge is 0.274 e. The Balaban J connectivity index is 2.56. The molecule has 0 saturated heterocycles. The number of nitrogens with one attached hydrogen (secondary N) is 1. The fourth-order valence-corrected chi connectivity index (χ4v) is 1.12. The minimum Gasteiger partial charge on any atom is -0.273 e. The van der Waals surface area contributed by atoms with Gasteiger partial charge in [0.1, 0.15) is 5.82 Å². The molecule has 3 nitrogen and oxygen atoms in total.